The molecule has 0 radical (unpaired) electrons. The number of anilines is 2. The predicted octanol–water partition coefficient (Wildman–Crippen LogP) is 3.82. The van der Waals surface area contributed by atoms with Crippen molar-refractivity contribution >= 4 is 34.8 Å². The van der Waals surface area contributed by atoms with Gasteiger partial charge in [0.05, 0.1) is 0 Å². The summed E-state index contributed by atoms with van der Waals surface area (Å²) in [5.74, 6) is -0.0574. The number of halogens is 1. The van der Waals surface area contributed by atoms with E-state index in [1.165, 1.54) is 0 Å². The monoisotopic (exact) mass is 328 g/mol. The van der Waals surface area contributed by atoms with E-state index in [1.807, 2.05) is 24.3 Å². The third-order valence-corrected chi connectivity index (χ3v) is 4.26. The summed E-state index contributed by atoms with van der Waals surface area (Å²) in [6.45, 7) is 2.09. The molecule has 1 unspecified atom stereocenters. The van der Waals surface area contributed by atoms with Crippen LogP contribution in [0.4, 0.5) is 11.4 Å². The molecule has 0 bridgehead atoms. The van der Waals surface area contributed by atoms with Gasteiger partial charge in [-0.2, -0.15) is 0 Å². The number of carbonyl (C=O) groups excluding carboxylic acids is 2. The van der Waals surface area contributed by atoms with Crippen LogP contribution in [0.1, 0.15) is 24.8 Å². The Morgan fingerprint density at radius 3 is 2.57 bits per heavy atom. The number of nitrogens with zero attached hydrogens (tertiary/aromatic N) is 1. The molecule has 1 N–H and O–H groups in total. The maximum atomic E-state index is 12.3. The Morgan fingerprint density at radius 1 is 1.17 bits per heavy atom. The Labute approximate surface area is 140 Å². The first-order valence-corrected chi connectivity index (χ1v) is 7.85. The minimum absolute atomic E-state index is 0.00180. The smallest absolute Gasteiger partial charge is 0.225 e. The van der Waals surface area contributed by atoms with E-state index in [4.69, 9.17) is 11.6 Å². The summed E-state index contributed by atoms with van der Waals surface area (Å²) in [5, 5.41) is 3.50. The van der Waals surface area contributed by atoms with Gasteiger partial charge in [-0.05, 0) is 35.9 Å². The topological polar surface area (TPSA) is 49.4 Å². The van der Waals surface area contributed by atoms with E-state index >= 15 is 0 Å². The zero-order chi connectivity index (χ0) is 16.4. The maximum absolute atomic E-state index is 12.3. The molecule has 2 aromatic rings. The van der Waals surface area contributed by atoms with E-state index in [-0.39, 0.29) is 17.7 Å². The Kier molecular flexibility index (Phi) is 4.35. The fraction of sp³-hybridized carbons (Fsp3) is 0.222. The SMILES string of the molecule is CC(=O)N1CC(CC(=O)Nc2ccc(Cl)cc2)c2ccccc21. The highest BCUT2D eigenvalue weighted by atomic mass is 35.5. The van der Waals surface area contributed by atoms with Crippen LogP contribution in [0.5, 0.6) is 0 Å². The lowest BCUT2D eigenvalue weighted by atomic mass is 9.97. The summed E-state index contributed by atoms with van der Waals surface area (Å²) >= 11 is 5.84. The largest absolute Gasteiger partial charge is 0.326 e. The molecule has 0 aromatic heterocycles. The van der Waals surface area contributed by atoms with Gasteiger partial charge in [-0.3, -0.25) is 9.59 Å². The molecule has 0 saturated heterocycles. The molecule has 0 fully saturated rings. The van der Waals surface area contributed by atoms with Crippen molar-refractivity contribution in [3.63, 3.8) is 0 Å². The number of hydrogen-bond donors (Lipinski definition) is 1. The summed E-state index contributed by atoms with van der Waals surface area (Å²) in [5.41, 5.74) is 2.67. The predicted molar refractivity (Wildman–Crippen MR) is 91.9 cm³/mol. The highest BCUT2D eigenvalue weighted by molar-refractivity contribution is 6.30. The second-order valence-corrected chi connectivity index (χ2v) is 6.08. The summed E-state index contributed by atoms with van der Waals surface area (Å²) in [6.07, 6.45) is 0.337. The second kappa shape index (κ2) is 6.42. The number of fused-ring (bicyclic) bond motifs is 1. The van der Waals surface area contributed by atoms with Crippen LogP contribution in [0, 0.1) is 0 Å². The molecule has 0 spiro atoms. The Bertz CT molecular complexity index is 743. The van der Waals surface area contributed by atoms with Gasteiger partial charge in [0.15, 0.2) is 0 Å². The quantitative estimate of drug-likeness (QED) is 0.931. The van der Waals surface area contributed by atoms with Crippen LogP contribution >= 0.6 is 11.6 Å². The number of hydrogen-bond acceptors (Lipinski definition) is 2. The zero-order valence-corrected chi connectivity index (χ0v) is 13.5. The highest BCUT2D eigenvalue weighted by Crippen LogP contribution is 2.38. The standard InChI is InChI=1S/C18H17ClN2O2/c1-12(22)21-11-13(16-4-2-3-5-17(16)21)10-18(23)20-15-8-6-14(19)7-9-15/h2-9,13H,10-11H2,1H3,(H,20,23). The first-order chi connectivity index (χ1) is 11.0. The average Bonchev–Trinajstić information content (AvgIpc) is 2.89. The van der Waals surface area contributed by atoms with Crippen LogP contribution in [-0.2, 0) is 9.59 Å². The molecule has 1 atom stereocenters. The molecule has 5 heteroatoms. The number of para-hydroxylation sites is 1. The Balaban J connectivity index is 1.72. The Morgan fingerprint density at radius 2 is 1.87 bits per heavy atom. The Hall–Kier alpha value is -2.33. The van der Waals surface area contributed by atoms with Gasteiger partial charge >= 0.3 is 0 Å². The normalized spacial score (nSPS) is 16.1. The summed E-state index contributed by atoms with van der Waals surface area (Å²) in [6, 6.07) is 14.8. The van der Waals surface area contributed by atoms with E-state index in [0.717, 1.165) is 11.3 Å². The van der Waals surface area contributed by atoms with E-state index in [2.05, 4.69) is 5.32 Å². The van der Waals surface area contributed by atoms with Gasteiger partial charge in [-0.25, -0.2) is 0 Å². The third kappa shape index (κ3) is 3.37. The van der Waals surface area contributed by atoms with Gasteiger partial charge in [0.1, 0.15) is 0 Å². The van der Waals surface area contributed by atoms with Crippen molar-refractivity contribution in [2.75, 3.05) is 16.8 Å². The molecule has 1 aliphatic heterocycles. The lowest BCUT2D eigenvalue weighted by Crippen LogP contribution is -2.28. The minimum atomic E-state index is -0.0717. The van der Waals surface area contributed by atoms with Gasteiger partial charge in [-0.15, -0.1) is 0 Å². The number of rotatable bonds is 3. The number of benzene rings is 2. The van der Waals surface area contributed by atoms with Crippen LogP contribution < -0.4 is 10.2 Å². The molecular weight excluding hydrogens is 312 g/mol. The molecule has 2 aromatic carbocycles. The van der Waals surface area contributed by atoms with Crippen molar-refractivity contribution in [2.45, 2.75) is 19.3 Å². The summed E-state index contributed by atoms with van der Waals surface area (Å²) in [7, 11) is 0. The van der Waals surface area contributed by atoms with Gasteiger partial charge in [0.25, 0.3) is 0 Å². The van der Waals surface area contributed by atoms with E-state index in [9.17, 15) is 9.59 Å². The van der Waals surface area contributed by atoms with Crippen molar-refractivity contribution in [1.29, 1.82) is 0 Å². The van der Waals surface area contributed by atoms with Crippen LogP contribution in [0.3, 0.4) is 0 Å². The van der Waals surface area contributed by atoms with Crippen LogP contribution in [0.15, 0.2) is 48.5 Å². The van der Waals surface area contributed by atoms with Crippen LogP contribution in [0.25, 0.3) is 0 Å². The highest BCUT2D eigenvalue weighted by Gasteiger charge is 2.31. The second-order valence-electron chi connectivity index (χ2n) is 5.64. The summed E-state index contributed by atoms with van der Waals surface area (Å²) < 4.78 is 0. The lowest BCUT2D eigenvalue weighted by molar-refractivity contribution is -0.118. The molecule has 1 aliphatic rings. The van der Waals surface area contributed by atoms with Crippen LogP contribution in [0.2, 0.25) is 5.02 Å². The minimum Gasteiger partial charge on any atom is -0.326 e. The third-order valence-electron chi connectivity index (χ3n) is 4.01. The average molecular weight is 329 g/mol. The number of amides is 2. The molecule has 4 nitrogen and oxygen atoms in total. The van der Waals surface area contributed by atoms with E-state index in [1.54, 1.807) is 36.1 Å². The number of carbonyl (C=O) groups is 2. The van der Waals surface area contributed by atoms with Gasteiger partial charge in [-0.1, -0.05) is 29.8 Å². The first kappa shape index (κ1) is 15.6. The molecular formula is C18H17ClN2O2. The molecule has 0 aliphatic carbocycles. The molecule has 1 heterocycles. The summed E-state index contributed by atoms with van der Waals surface area (Å²) in [4.78, 5) is 25.8. The van der Waals surface area contributed by atoms with Gasteiger partial charge < -0.3 is 10.2 Å². The molecule has 3 rings (SSSR count). The van der Waals surface area contributed by atoms with Gasteiger partial charge in [0, 0.05) is 42.2 Å². The fourth-order valence-electron chi connectivity index (χ4n) is 2.94. The van der Waals surface area contributed by atoms with E-state index < -0.39 is 0 Å². The van der Waals surface area contributed by atoms with Crippen molar-refractivity contribution < 1.29 is 9.59 Å². The van der Waals surface area contributed by atoms with Crippen molar-refractivity contribution in [2.24, 2.45) is 0 Å². The molecule has 2 amide bonds. The number of nitrogens with one attached hydrogen (secondary N) is 1. The lowest BCUT2D eigenvalue weighted by Gasteiger charge is -2.15. The van der Waals surface area contributed by atoms with E-state index in [0.29, 0.717) is 23.7 Å². The molecule has 23 heavy (non-hydrogen) atoms. The fourth-order valence-corrected chi connectivity index (χ4v) is 3.06. The van der Waals surface area contributed by atoms with Crippen molar-refractivity contribution in [3.05, 3.63) is 59.1 Å². The van der Waals surface area contributed by atoms with Crippen LogP contribution in [-0.4, -0.2) is 18.4 Å². The molecule has 0 saturated carbocycles. The zero-order valence-electron chi connectivity index (χ0n) is 12.8. The van der Waals surface area contributed by atoms with Crippen molar-refractivity contribution in [1.82, 2.24) is 0 Å². The maximum Gasteiger partial charge on any atom is 0.225 e. The molecule has 118 valence electrons. The van der Waals surface area contributed by atoms with Crippen molar-refractivity contribution in [3.8, 4) is 0 Å². The first-order valence-electron chi connectivity index (χ1n) is 7.47. The van der Waals surface area contributed by atoms with Gasteiger partial charge in [0.2, 0.25) is 11.8 Å².